The summed E-state index contributed by atoms with van der Waals surface area (Å²) in [6, 6.07) is 9.33. The highest BCUT2D eigenvalue weighted by molar-refractivity contribution is 7.93. The molecule has 0 spiro atoms. The molecule has 1 aromatic carbocycles. The number of sulfonamides is 1. The molecule has 1 aromatic heterocycles. The molecule has 2 N–H and O–H groups in total. The third kappa shape index (κ3) is 2.64. The van der Waals surface area contributed by atoms with Gasteiger partial charge >= 0.3 is 0 Å². The Kier molecular flexibility index (Phi) is 3.64. The molecule has 100 valence electrons. The van der Waals surface area contributed by atoms with Crippen molar-refractivity contribution in [3.05, 3.63) is 47.6 Å². The van der Waals surface area contributed by atoms with Gasteiger partial charge in [-0.1, -0.05) is 17.7 Å². The standard InChI is InChI=1S/C12H12ClN3O2S/c1-16(12-4-2-3-7-15-12)19(17,18)11-8-9(14)5-6-10(11)13/h2-8H,14H2,1H3. The van der Waals surface area contributed by atoms with E-state index in [0.29, 0.717) is 11.5 Å². The van der Waals surface area contributed by atoms with Gasteiger partial charge in [0.05, 0.1) is 5.02 Å². The van der Waals surface area contributed by atoms with Crippen molar-refractivity contribution < 1.29 is 8.42 Å². The molecule has 0 unspecified atom stereocenters. The fourth-order valence-corrected chi connectivity index (χ4v) is 3.19. The summed E-state index contributed by atoms with van der Waals surface area (Å²) in [7, 11) is -2.37. The summed E-state index contributed by atoms with van der Waals surface area (Å²) in [6.45, 7) is 0. The summed E-state index contributed by atoms with van der Waals surface area (Å²) in [5.41, 5.74) is 5.94. The summed E-state index contributed by atoms with van der Waals surface area (Å²) >= 11 is 5.93. The van der Waals surface area contributed by atoms with Gasteiger partial charge in [0.25, 0.3) is 10.0 Å². The maximum Gasteiger partial charge on any atom is 0.266 e. The number of halogens is 1. The Morgan fingerprint density at radius 2 is 2.00 bits per heavy atom. The number of benzene rings is 1. The van der Waals surface area contributed by atoms with Crippen LogP contribution in [0.2, 0.25) is 5.02 Å². The monoisotopic (exact) mass is 297 g/mol. The highest BCUT2D eigenvalue weighted by atomic mass is 35.5. The molecule has 0 saturated heterocycles. The molecule has 1 heterocycles. The van der Waals surface area contributed by atoms with Crippen LogP contribution in [0.15, 0.2) is 47.5 Å². The van der Waals surface area contributed by atoms with Crippen LogP contribution >= 0.6 is 11.6 Å². The number of nitrogens with two attached hydrogens (primary N) is 1. The lowest BCUT2D eigenvalue weighted by atomic mass is 10.3. The molecule has 0 fully saturated rings. The predicted molar refractivity (Wildman–Crippen MR) is 75.7 cm³/mol. The second kappa shape index (κ2) is 5.07. The third-order valence-electron chi connectivity index (χ3n) is 2.57. The van der Waals surface area contributed by atoms with E-state index < -0.39 is 10.0 Å². The molecule has 2 rings (SSSR count). The van der Waals surface area contributed by atoms with E-state index in [4.69, 9.17) is 17.3 Å². The average molecular weight is 298 g/mol. The molecule has 0 radical (unpaired) electrons. The molecule has 0 bridgehead atoms. The van der Waals surface area contributed by atoms with Gasteiger partial charge in [0.15, 0.2) is 0 Å². The van der Waals surface area contributed by atoms with Gasteiger partial charge in [-0.05, 0) is 30.3 Å². The van der Waals surface area contributed by atoms with Crippen LogP contribution in [-0.4, -0.2) is 20.4 Å². The first kappa shape index (κ1) is 13.6. The van der Waals surface area contributed by atoms with E-state index in [-0.39, 0.29) is 9.92 Å². The molecule has 0 saturated carbocycles. The van der Waals surface area contributed by atoms with Crippen molar-refractivity contribution in [1.82, 2.24) is 4.98 Å². The van der Waals surface area contributed by atoms with Crippen LogP contribution in [-0.2, 0) is 10.0 Å². The van der Waals surface area contributed by atoms with Crippen molar-refractivity contribution in [2.75, 3.05) is 17.1 Å². The molecule has 0 aliphatic heterocycles. The van der Waals surface area contributed by atoms with Crippen molar-refractivity contribution in [2.24, 2.45) is 0 Å². The number of nitrogen functional groups attached to an aromatic ring is 1. The Labute approximate surface area is 116 Å². The zero-order valence-corrected chi connectivity index (χ0v) is 11.7. The van der Waals surface area contributed by atoms with Crippen LogP contribution in [0.25, 0.3) is 0 Å². The average Bonchev–Trinajstić information content (AvgIpc) is 2.41. The van der Waals surface area contributed by atoms with Gasteiger partial charge in [0.2, 0.25) is 0 Å². The van der Waals surface area contributed by atoms with Crippen molar-refractivity contribution >= 4 is 33.1 Å². The number of hydrogen-bond acceptors (Lipinski definition) is 4. The lowest BCUT2D eigenvalue weighted by Crippen LogP contribution is -2.27. The van der Waals surface area contributed by atoms with Gasteiger partial charge in [0, 0.05) is 18.9 Å². The molecule has 0 aliphatic carbocycles. The van der Waals surface area contributed by atoms with E-state index in [0.717, 1.165) is 4.31 Å². The zero-order chi connectivity index (χ0) is 14.0. The Morgan fingerprint density at radius 3 is 2.63 bits per heavy atom. The van der Waals surface area contributed by atoms with Crippen molar-refractivity contribution in [3.8, 4) is 0 Å². The van der Waals surface area contributed by atoms with Gasteiger partial charge in [-0.2, -0.15) is 0 Å². The van der Waals surface area contributed by atoms with E-state index in [1.54, 1.807) is 24.3 Å². The van der Waals surface area contributed by atoms with Gasteiger partial charge in [-0.3, -0.25) is 4.31 Å². The minimum Gasteiger partial charge on any atom is -0.399 e. The second-order valence-electron chi connectivity index (χ2n) is 3.85. The lowest BCUT2D eigenvalue weighted by molar-refractivity contribution is 0.594. The molecule has 5 nitrogen and oxygen atoms in total. The largest absolute Gasteiger partial charge is 0.399 e. The van der Waals surface area contributed by atoms with Crippen molar-refractivity contribution in [1.29, 1.82) is 0 Å². The number of nitrogens with zero attached hydrogens (tertiary/aromatic N) is 2. The Balaban J connectivity index is 2.51. The SMILES string of the molecule is CN(c1ccccn1)S(=O)(=O)c1cc(N)ccc1Cl. The minimum atomic E-state index is -3.79. The lowest BCUT2D eigenvalue weighted by Gasteiger charge is -2.19. The van der Waals surface area contributed by atoms with Gasteiger partial charge < -0.3 is 5.73 Å². The van der Waals surface area contributed by atoms with E-state index in [2.05, 4.69) is 4.98 Å². The number of pyridine rings is 1. The predicted octanol–water partition coefficient (Wildman–Crippen LogP) is 2.14. The van der Waals surface area contributed by atoms with Gasteiger partial charge in [0.1, 0.15) is 10.7 Å². The summed E-state index contributed by atoms with van der Waals surface area (Å²) in [5.74, 6) is 0.306. The van der Waals surface area contributed by atoms with Gasteiger partial charge in [-0.15, -0.1) is 0 Å². The highest BCUT2D eigenvalue weighted by Crippen LogP contribution is 2.27. The Hall–Kier alpha value is -1.79. The Morgan fingerprint density at radius 1 is 1.26 bits per heavy atom. The molecule has 0 aliphatic rings. The third-order valence-corrected chi connectivity index (χ3v) is 4.81. The summed E-state index contributed by atoms with van der Waals surface area (Å²) in [5, 5.41) is 0.122. The van der Waals surface area contributed by atoms with Crippen LogP contribution in [0.1, 0.15) is 0 Å². The number of hydrogen-bond donors (Lipinski definition) is 1. The van der Waals surface area contributed by atoms with Crippen LogP contribution in [0.5, 0.6) is 0 Å². The fourth-order valence-electron chi connectivity index (χ4n) is 1.53. The van der Waals surface area contributed by atoms with E-state index >= 15 is 0 Å². The molecule has 19 heavy (non-hydrogen) atoms. The summed E-state index contributed by atoms with van der Waals surface area (Å²) < 4.78 is 26.0. The van der Waals surface area contributed by atoms with E-state index in [1.807, 2.05) is 0 Å². The zero-order valence-electron chi connectivity index (χ0n) is 10.1. The van der Waals surface area contributed by atoms with Crippen LogP contribution < -0.4 is 10.0 Å². The first-order chi connectivity index (χ1) is 8.93. The molecule has 0 amide bonds. The molecular formula is C12H12ClN3O2S. The van der Waals surface area contributed by atoms with E-state index in [9.17, 15) is 8.42 Å². The second-order valence-corrected chi connectivity index (χ2v) is 6.20. The molecular weight excluding hydrogens is 286 g/mol. The molecule has 0 atom stereocenters. The van der Waals surface area contributed by atoms with Crippen LogP contribution in [0.4, 0.5) is 11.5 Å². The number of aromatic nitrogens is 1. The van der Waals surface area contributed by atoms with Crippen molar-refractivity contribution in [2.45, 2.75) is 4.90 Å². The molecule has 2 aromatic rings. The van der Waals surface area contributed by atoms with E-state index in [1.165, 1.54) is 25.4 Å². The normalized spacial score (nSPS) is 11.3. The highest BCUT2D eigenvalue weighted by Gasteiger charge is 2.24. The quantitative estimate of drug-likeness (QED) is 0.881. The molecule has 7 heteroatoms. The minimum absolute atomic E-state index is 0.0395. The first-order valence-corrected chi connectivity index (χ1v) is 7.20. The summed E-state index contributed by atoms with van der Waals surface area (Å²) in [4.78, 5) is 3.96. The smallest absolute Gasteiger partial charge is 0.266 e. The fraction of sp³-hybridized carbons (Fsp3) is 0.0833. The number of anilines is 2. The first-order valence-electron chi connectivity index (χ1n) is 5.38. The van der Waals surface area contributed by atoms with Crippen LogP contribution in [0.3, 0.4) is 0 Å². The Bertz CT molecular complexity index is 689. The number of rotatable bonds is 3. The summed E-state index contributed by atoms with van der Waals surface area (Å²) in [6.07, 6.45) is 1.52. The van der Waals surface area contributed by atoms with Crippen LogP contribution in [0, 0.1) is 0 Å². The maximum atomic E-state index is 12.5. The van der Waals surface area contributed by atoms with Crippen molar-refractivity contribution in [3.63, 3.8) is 0 Å². The van der Waals surface area contributed by atoms with Gasteiger partial charge in [-0.25, -0.2) is 13.4 Å². The maximum absolute atomic E-state index is 12.5. The topological polar surface area (TPSA) is 76.3 Å².